The van der Waals surface area contributed by atoms with Crippen LogP contribution in [0.2, 0.25) is 10.0 Å². The van der Waals surface area contributed by atoms with E-state index in [1.807, 2.05) is 12.1 Å². The third kappa shape index (κ3) is 2.30. The van der Waals surface area contributed by atoms with Crippen molar-refractivity contribution in [3.05, 3.63) is 33.8 Å². The Morgan fingerprint density at radius 2 is 2.11 bits per heavy atom. The Bertz CT molecular complexity index is 488. The van der Waals surface area contributed by atoms with Gasteiger partial charge in [-0.15, -0.1) is 0 Å². The van der Waals surface area contributed by atoms with E-state index in [1.54, 1.807) is 0 Å². The molecule has 0 spiro atoms. The molecule has 0 unspecified atom stereocenters. The summed E-state index contributed by atoms with van der Waals surface area (Å²) in [6.45, 7) is 8.46. The molecule has 0 bridgehead atoms. The number of hydrogen-bond donors (Lipinski definition) is 0. The van der Waals surface area contributed by atoms with Crippen molar-refractivity contribution in [2.45, 2.75) is 26.7 Å². The smallest absolute Gasteiger partial charge is 0.0595 e. The number of nitrogens with zero attached hydrogens (tertiary/aromatic N) is 1. The fourth-order valence-electron chi connectivity index (χ4n) is 4.03. The summed E-state index contributed by atoms with van der Waals surface area (Å²) in [5.41, 5.74) is 1.84. The summed E-state index contributed by atoms with van der Waals surface area (Å²) in [4.78, 5) is 2.63. The predicted molar refractivity (Wildman–Crippen MR) is 82.0 cm³/mol. The Morgan fingerprint density at radius 1 is 1.32 bits per heavy atom. The number of piperidine rings is 1. The molecule has 19 heavy (non-hydrogen) atoms. The van der Waals surface area contributed by atoms with Crippen molar-refractivity contribution in [1.29, 1.82) is 0 Å². The largest absolute Gasteiger partial charge is 0.302 e. The molecule has 104 valence electrons. The molecule has 0 N–H and O–H groups in total. The minimum absolute atomic E-state index is 0.506. The van der Waals surface area contributed by atoms with Crippen LogP contribution in [-0.4, -0.2) is 24.5 Å². The van der Waals surface area contributed by atoms with Crippen molar-refractivity contribution in [2.24, 2.45) is 17.3 Å². The lowest BCUT2D eigenvalue weighted by Crippen LogP contribution is -2.28. The fourth-order valence-corrected chi connectivity index (χ4v) is 4.35. The third-order valence-corrected chi connectivity index (χ3v) is 5.91. The van der Waals surface area contributed by atoms with Crippen LogP contribution in [-0.2, 0) is 6.42 Å². The number of likely N-dealkylation sites (tertiary alicyclic amines) is 1. The molecule has 3 atom stereocenters. The average molecular weight is 298 g/mol. The zero-order valence-corrected chi connectivity index (χ0v) is 13.1. The monoisotopic (exact) mass is 297 g/mol. The summed E-state index contributed by atoms with van der Waals surface area (Å²) in [5.74, 6) is 1.74. The summed E-state index contributed by atoms with van der Waals surface area (Å²) in [5, 5.41) is 1.34. The zero-order chi connectivity index (χ0) is 13.6. The second-order valence-corrected chi connectivity index (χ2v) is 7.10. The van der Waals surface area contributed by atoms with Gasteiger partial charge < -0.3 is 4.90 Å². The van der Waals surface area contributed by atoms with Gasteiger partial charge in [-0.2, -0.15) is 0 Å². The maximum Gasteiger partial charge on any atom is 0.0595 e. The molecule has 1 saturated carbocycles. The summed E-state index contributed by atoms with van der Waals surface area (Å²) in [6, 6.07) is 6.10. The lowest BCUT2D eigenvalue weighted by molar-refractivity contribution is 0.258. The van der Waals surface area contributed by atoms with E-state index in [1.165, 1.54) is 31.6 Å². The number of halogens is 2. The highest BCUT2D eigenvalue weighted by molar-refractivity contribution is 6.42. The second kappa shape index (κ2) is 4.95. The molecular weight excluding hydrogens is 277 g/mol. The molecule has 1 aromatic carbocycles. The number of benzene rings is 1. The van der Waals surface area contributed by atoms with Crippen molar-refractivity contribution in [3.8, 4) is 0 Å². The molecule has 3 heteroatoms. The lowest BCUT2D eigenvalue weighted by Gasteiger charge is -2.22. The first-order chi connectivity index (χ1) is 9.06. The maximum absolute atomic E-state index is 6.13. The normalized spacial score (nSPS) is 33.5. The Kier molecular flexibility index (Phi) is 3.57. The molecule has 2 fully saturated rings. The van der Waals surface area contributed by atoms with Gasteiger partial charge in [0.15, 0.2) is 0 Å². The number of rotatable bonds is 4. The number of hydrogen-bond acceptors (Lipinski definition) is 1. The molecule has 1 saturated heterocycles. The van der Waals surface area contributed by atoms with E-state index in [0.717, 1.165) is 18.3 Å². The van der Waals surface area contributed by atoms with Gasteiger partial charge >= 0.3 is 0 Å². The summed E-state index contributed by atoms with van der Waals surface area (Å²) >= 11 is 12.1. The van der Waals surface area contributed by atoms with Crippen LogP contribution in [0.25, 0.3) is 0 Å². The molecule has 1 aliphatic heterocycles. The van der Waals surface area contributed by atoms with E-state index in [2.05, 4.69) is 24.8 Å². The standard InChI is InChI=1S/C16H21Cl2N/c1-3-6-19-9-13-11(2)16(13,10-19)8-12-4-5-14(17)15(18)7-12/h4-5,7,11,13H,3,6,8-10H2,1-2H3/t11-,13-,16-/m1/s1. The minimum atomic E-state index is 0.506. The molecule has 1 nitrogen and oxygen atoms in total. The van der Waals surface area contributed by atoms with Crippen molar-refractivity contribution < 1.29 is 0 Å². The summed E-state index contributed by atoms with van der Waals surface area (Å²) in [6.07, 6.45) is 2.40. The quantitative estimate of drug-likeness (QED) is 0.790. The van der Waals surface area contributed by atoms with Crippen molar-refractivity contribution in [2.75, 3.05) is 19.6 Å². The van der Waals surface area contributed by atoms with Crippen LogP contribution in [0.3, 0.4) is 0 Å². The maximum atomic E-state index is 6.13. The Hall–Kier alpha value is -0.240. The van der Waals surface area contributed by atoms with Gasteiger partial charge in [0.05, 0.1) is 10.0 Å². The molecule has 0 radical (unpaired) electrons. The third-order valence-electron chi connectivity index (χ3n) is 5.17. The van der Waals surface area contributed by atoms with Crippen LogP contribution in [0.5, 0.6) is 0 Å². The summed E-state index contributed by atoms with van der Waals surface area (Å²) in [7, 11) is 0. The Morgan fingerprint density at radius 3 is 2.79 bits per heavy atom. The molecular formula is C16H21Cl2N. The second-order valence-electron chi connectivity index (χ2n) is 6.29. The number of fused-ring (bicyclic) bond motifs is 1. The van der Waals surface area contributed by atoms with Gasteiger partial charge in [0.25, 0.3) is 0 Å². The van der Waals surface area contributed by atoms with Gasteiger partial charge in [0.1, 0.15) is 0 Å². The van der Waals surface area contributed by atoms with Crippen LogP contribution in [0.1, 0.15) is 25.8 Å². The fraction of sp³-hybridized carbons (Fsp3) is 0.625. The van der Waals surface area contributed by atoms with Gasteiger partial charge in [-0.3, -0.25) is 0 Å². The van der Waals surface area contributed by atoms with Gasteiger partial charge in [0.2, 0.25) is 0 Å². The van der Waals surface area contributed by atoms with Crippen LogP contribution >= 0.6 is 23.2 Å². The first-order valence-corrected chi connectivity index (χ1v) is 7.98. The van der Waals surface area contributed by atoms with Gasteiger partial charge in [-0.05, 0) is 54.3 Å². The molecule has 0 aromatic heterocycles. The summed E-state index contributed by atoms with van der Waals surface area (Å²) < 4.78 is 0. The van der Waals surface area contributed by atoms with Crippen molar-refractivity contribution in [1.82, 2.24) is 4.90 Å². The van der Waals surface area contributed by atoms with E-state index in [4.69, 9.17) is 23.2 Å². The molecule has 0 amide bonds. The predicted octanol–water partition coefficient (Wildman–Crippen LogP) is 4.51. The van der Waals surface area contributed by atoms with Crippen molar-refractivity contribution in [3.63, 3.8) is 0 Å². The topological polar surface area (TPSA) is 3.24 Å². The first kappa shape index (κ1) is 13.7. The van der Waals surface area contributed by atoms with E-state index in [-0.39, 0.29) is 0 Å². The Balaban J connectivity index is 1.74. The van der Waals surface area contributed by atoms with Crippen LogP contribution in [0.4, 0.5) is 0 Å². The highest BCUT2D eigenvalue weighted by atomic mass is 35.5. The van der Waals surface area contributed by atoms with E-state index in [9.17, 15) is 0 Å². The molecule has 1 aromatic rings. The Labute approximate surface area is 125 Å². The SMILES string of the molecule is CCCN1C[C@@H]2[C@@H](C)[C@@]2(Cc2ccc(Cl)c(Cl)c2)C1. The van der Waals surface area contributed by atoms with Crippen LogP contribution < -0.4 is 0 Å². The van der Waals surface area contributed by atoms with Gasteiger partial charge in [0, 0.05) is 13.1 Å². The molecule has 1 heterocycles. The van der Waals surface area contributed by atoms with E-state index < -0.39 is 0 Å². The first-order valence-electron chi connectivity index (χ1n) is 7.23. The minimum Gasteiger partial charge on any atom is -0.302 e. The molecule has 3 rings (SSSR count). The van der Waals surface area contributed by atoms with Crippen molar-refractivity contribution >= 4 is 23.2 Å². The zero-order valence-electron chi connectivity index (χ0n) is 11.6. The lowest BCUT2D eigenvalue weighted by atomic mass is 9.94. The van der Waals surface area contributed by atoms with Crippen LogP contribution in [0, 0.1) is 17.3 Å². The average Bonchev–Trinajstić information content (AvgIpc) is 2.73. The molecule has 1 aliphatic carbocycles. The van der Waals surface area contributed by atoms with Gasteiger partial charge in [-0.25, -0.2) is 0 Å². The van der Waals surface area contributed by atoms with E-state index in [0.29, 0.717) is 15.5 Å². The highest BCUT2D eigenvalue weighted by Crippen LogP contribution is 2.64. The van der Waals surface area contributed by atoms with Gasteiger partial charge in [-0.1, -0.05) is 43.1 Å². The van der Waals surface area contributed by atoms with E-state index >= 15 is 0 Å². The molecule has 2 aliphatic rings. The highest BCUT2D eigenvalue weighted by Gasteiger charge is 2.65. The van der Waals surface area contributed by atoms with Crippen LogP contribution in [0.15, 0.2) is 18.2 Å².